The maximum atomic E-state index is 12.9. The average Bonchev–Trinajstić information content (AvgIpc) is 3.28. The molecule has 0 radical (unpaired) electrons. The third-order valence-corrected chi connectivity index (χ3v) is 5.02. The third-order valence-electron chi connectivity index (χ3n) is 3.53. The molecule has 3 N–H and O–H groups in total. The van der Waals surface area contributed by atoms with Gasteiger partial charge in [-0.25, -0.2) is 18.9 Å². The number of fused-ring (bicyclic) bond motifs is 1. The number of pyridine rings is 1. The highest BCUT2D eigenvalue weighted by Gasteiger charge is 2.13. The van der Waals surface area contributed by atoms with Gasteiger partial charge in [-0.3, -0.25) is 4.98 Å². The number of thiazole rings is 1. The highest BCUT2D eigenvalue weighted by molar-refractivity contribution is 9.11. The summed E-state index contributed by atoms with van der Waals surface area (Å²) < 4.78 is 15.3. The van der Waals surface area contributed by atoms with Crippen molar-refractivity contribution in [1.82, 2.24) is 19.7 Å². The maximum absolute atomic E-state index is 12.9. The van der Waals surface area contributed by atoms with Crippen molar-refractivity contribution in [2.24, 2.45) is 5.73 Å². The fourth-order valence-corrected chi connectivity index (χ4v) is 3.51. The second-order valence-corrected chi connectivity index (χ2v) is 7.63. The van der Waals surface area contributed by atoms with Crippen molar-refractivity contribution in [3.8, 4) is 5.69 Å². The van der Waals surface area contributed by atoms with E-state index in [1.54, 1.807) is 29.7 Å². The molecule has 4 rings (SSSR count). The number of nitrogens with zero attached hydrogens (tertiary/aromatic N) is 4. The number of hydrogen-bond acceptors (Lipinski definition) is 6. The molecule has 0 saturated carbocycles. The Bertz CT molecular complexity index is 1080. The van der Waals surface area contributed by atoms with Crippen molar-refractivity contribution in [2.75, 3.05) is 0 Å². The molecule has 3 heterocycles. The minimum atomic E-state index is -1.06. The van der Waals surface area contributed by atoms with Crippen molar-refractivity contribution in [3.05, 3.63) is 69.2 Å². The molecule has 0 atom stereocenters. The van der Waals surface area contributed by atoms with E-state index in [2.05, 4.69) is 31.0 Å². The summed E-state index contributed by atoms with van der Waals surface area (Å²) in [6.07, 6.45) is 6.04. The van der Waals surface area contributed by atoms with E-state index in [-0.39, 0.29) is 11.4 Å². The first kappa shape index (κ1) is 19.1. The van der Waals surface area contributed by atoms with Crippen molar-refractivity contribution in [2.45, 2.75) is 6.54 Å². The predicted molar refractivity (Wildman–Crippen MR) is 103 cm³/mol. The second-order valence-electron chi connectivity index (χ2n) is 5.24. The van der Waals surface area contributed by atoms with Gasteiger partial charge in [-0.05, 0) is 40.2 Å². The molecule has 0 unspecified atom stereocenters. The quantitative estimate of drug-likeness (QED) is 0.494. The van der Waals surface area contributed by atoms with Gasteiger partial charge in [0.05, 0.1) is 29.2 Å². The lowest BCUT2D eigenvalue weighted by Crippen LogP contribution is -1.99. The number of rotatable bonds is 3. The standard InChI is InChI=1S/C13H8FN3O2.C4H5BrN2S/c14-8-1-3-9(4-2-8)17-12-7-15-5-11(13(18)19)10(12)6-16-17;5-4-7-2-3(1-6)8-4/h1-7H,(H,18,19);2H,1,6H2. The molecule has 27 heavy (non-hydrogen) atoms. The zero-order chi connectivity index (χ0) is 19.4. The Morgan fingerprint density at radius 2 is 1.96 bits per heavy atom. The molecule has 3 aromatic heterocycles. The van der Waals surface area contributed by atoms with E-state index in [1.807, 2.05) is 0 Å². The summed E-state index contributed by atoms with van der Waals surface area (Å²) in [5, 5.41) is 13.7. The van der Waals surface area contributed by atoms with E-state index in [0.29, 0.717) is 23.1 Å². The highest BCUT2D eigenvalue weighted by Crippen LogP contribution is 2.21. The normalized spacial score (nSPS) is 10.5. The Morgan fingerprint density at radius 1 is 1.22 bits per heavy atom. The first-order valence-corrected chi connectivity index (χ1v) is 9.21. The summed E-state index contributed by atoms with van der Waals surface area (Å²) in [6.45, 7) is 0.587. The number of halogens is 2. The molecule has 0 amide bonds. The lowest BCUT2D eigenvalue weighted by molar-refractivity contribution is 0.0698. The average molecular weight is 450 g/mol. The summed E-state index contributed by atoms with van der Waals surface area (Å²) in [5.74, 6) is -1.40. The molecule has 138 valence electrons. The predicted octanol–water partition coefficient (Wildman–Crippen LogP) is 3.62. The van der Waals surface area contributed by atoms with Crippen molar-refractivity contribution >= 4 is 44.1 Å². The lowest BCUT2D eigenvalue weighted by atomic mass is 10.2. The van der Waals surface area contributed by atoms with Gasteiger partial charge in [0.15, 0.2) is 3.92 Å². The Morgan fingerprint density at radius 3 is 2.52 bits per heavy atom. The van der Waals surface area contributed by atoms with Crippen LogP contribution in [0.25, 0.3) is 16.6 Å². The minimum Gasteiger partial charge on any atom is -0.478 e. The third kappa shape index (κ3) is 4.35. The number of aromatic nitrogens is 4. The Labute approximate surface area is 165 Å². The molecular formula is C17H13BrFN5O2S. The summed E-state index contributed by atoms with van der Waals surface area (Å²) in [6, 6.07) is 5.76. The first-order chi connectivity index (χ1) is 13.0. The SMILES string of the molecule is NCc1cnc(Br)s1.O=C(O)c1cncc2c1cnn2-c1ccc(F)cc1. The van der Waals surface area contributed by atoms with Crippen LogP contribution in [0.15, 0.2) is 53.0 Å². The molecule has 4 aromatic rings. The zero-order valence-electron chi connectivity index (χ0n) is 13.7. The van der Waals surface area contributed by atoms with Crippen molar-refractivity contribution in [3.63, 3.8) is 0 Å². The maximum Gasteiger partial charge on any atom is 0.338 e. The largest absolute Gasteiger partial charge is 0.478 e. The molecule has 0 saturated heterocycles. The van der Waals surface area contributed by atoms with Crippen LogP contribution in [0.3, 0.4) is 0 Å². The van der Waals surface area contributed by atoms with Crippen LogP contribution in [0.2, 0.25) is 0 Å². The van der Waals surface area contributed by atoms with Gasteiger partial charge in [0.25, 0.3) is 0 Å². The number of carboxylic acids is 1. The van der Waals surface area contributed by atoms with E-state index < -0.39 is 5.97 Å². The summed E-state index contributed by atoms with van der Waals surface area (Å²) in [5.41, 5.74) is 6.60. The highest BCUT2D eigenvalue weighted by atomic mass is 79.9. The molecule has 0 spiro atoms. The van der Waals surface area contributed by atoms with Crippen LogP contribution in [0.4, 0.5) is 4.39 Å². The van der Waals surface area contributed by atoms with E-state index in [9.17, 15) is 9.18 Å². The van der Waals surface area contributed by atoms with E-state index in [4.69, 9.17) is 10.8 Å². The summed E-state index contributed by atoms with van der Waals surface area (Å²) in [4.78, 5) is 20.0. The van der Waals surface area contributed by atoms with Gasteiger partial charge in [0, 0.05) is 29.2 Å². The fraction of sp³-hybridized carbons (Fsp3) is 0.0588. The Kier molecular flexibility index (Phi) is 5.89. The molecule has 0 bridgehead atoms. The smallest absolute Gasteiger partial charge is 0.338 e. The van der Waals surface area contributed by atoms with Crippen LogP contribution < -0.4 is 5.73 Å². The van der Waals surface area contributed by atoms with Crippen LogP contribution in [-0.2, 0) is 6.54 Å². The van der Waals surface area contributed by atoms with Gasteiger partial charge in [-0.15, -0.1) is 11.3 Å². The number of nitrogens with two attached hydrogens (primary N) is 1. The van der Waals surface area contributed by atoms with E-state index in [0.717, 1.165) is 8.79 Å². The van der Waals surface area contributed by atoms with Crippen LogP contribution in [0.1, 0.15) is 15.2 Å². The molecule has 10 heteroatoms. The van der Waals surface area contributed by atoms with Crippen LogP contribution in [-0.4, -0.2) is 30.8 Å². The van der Waals surface area contributed by atoms with Gasteiger partial charge in [0.1, 0.15) is 5.82 Å². The molecule has 0 aliphatic carbocycles. The second kappa shape index (κ2) is 8.33. The number of aromatic carboxylic acids is 1. The van der Waals surface area contributed by atoms with Gasteiger partial charge in [-0.2, -0.15) is 5.10 Å². The van der Waals surface area contributed by atoms with Gasteiger partial charge in [0.2, 0.25) is 0 Å². The Balaban J connectivity index is 0.000000221. The number of benzene rings is 1. The number of hydrogen-bond donors (Lipinski definition) is 2. The lowest BCUT2D eigenvalue weighted by Gasteiger charge is -2.03. The van der Waals surface area contributed by atoms with Gasteiger partial charge < -0.3 is 10.8 Å². The molecule has 7 nitrogen and oxygen atoms in total. The van der Waals surface area contributed by atoms with E-state index in [1.165, 1.54) is 35.4 Å². The van der Waals surface area contributed by atoms with Crippen LogP contribution in [0.5, 0.6) is 0 Å². The molecule has 0 fully saturated rings. The molecular weight excluding hydrogens is 437 g/mol. The summed E-state index contributed by atoms with van der Waals surface area (Å²) >= 11 is 4.79. The number of carboxylic acid groups (broad SMARTS) is 1. The van der Waals surface area contributed by atoms with Crippen LogP contribution in [0, 0.1) is 5.82 Å². The topological polar surface area (TPSA) is 107 Å². The molecule has 1 aromatic carbocycles. The monoisotopic (exact) mass is 449 g/mol. The fourth-order valence-electron chi connectivity index (χ4n) is 2.28. The Hall–Kier alpha value is -2.69. The molecule has 0 aliphatic heterocycles. The van der Waals surface area contributed by atoms with Gasteiger partial charge in [-0.1, -0.05) is 0 Å². The molecule has 0 aliphatic rings. The minimum absolute atomic E-state index is 0.0888. The van der Waals surface area contributed by atoms with Crippen LogP contribution >= 0.6 is 27.3 Å². The first-order valence-electron chi connectivity index (χ1n) is 7.61. The zero-order valence-corrected chi connectivity index (χ0v) is 16.1. The van der Waals surface area contributed by atoms with E-state index >= 15 is 0 Å². The van der Waals surface area contributed by atoms with Gasteiger partial charge >= 0.3 is 5.97 Å². The summed E-state index contributed by atoms with van der Waals surface area (Å²) in [7, 11) is 0. The van der Waals surface area contributed by atoms with Crippen molar-refractivity contribution < 1.29 is 14.3 Å². The van der Waals surface area contributed by atoms with Crippen molar-refractivity contribution in [1.29, 1.82) is 0 Å². The number of carbonyl (C=O) groups is 1.